The predicted molar refractivity (Wildman–Crippen MR) is 143 cm³/mol. The van der Waals surface area contributed by atoms with Crippen molar-refractivity contribution in [3.05, 3.63) is 113 Å². The molecule has 0 saturated heterocycles. The number of carbonyl (C=O) groups is 1. The van der Waals surface area contributed by atoms with E-state index in [0.717, 1.165) is 33.5 Å². The van der Waals surface area contributed by atoms with Gasteiger partial charge in [0.1, 0.15) is 6.61 Å². The van der Waals surface area contributed by atoms with Crippen molar-refractivity contribution >= 4 is 11.6 Å². The topological polar surface area (TPSA) is 42.4 Å². The number of aromatic nitrogens is 1. The zero-order valence-electron chi connectivity index (χ0n) is 21.1. The molecule has 0 radical (unpaired) electrons. The van der Waals surface area contributed by atoms with Crippen LogP contribution < -0.4 is 9.64 Å². The molecule has 0 aliphatic heterocycles. The molecule has 4 rings (SSSR count). The zero-order valence-corrected chi connectivity index (χ0v) is 21.1. The summed E-state index contributed by atoms with van der Waals surface area (Å²) in [5.74, 6) is 0.523. The fourth-order valence-electron chi connectivity index (χ4n) is 3.85. The molecule has 0 fully saturated rings. The molecule has 35 heavy (non-hydrogen) atoms. The number of hydrogen-bond acceptors (Lipinski definition) is 3. The minimum atomic E-state index is -0.105. The second kappa shape index (κ2) is 10.1. The molecule has 178 valence electrons. The van der Waals surface area contributed by atoms with Crippen LogP contribution in [0.1, 0.15) is 47.8 Å². The van der Waals surface area contributed by atoms with Gasteiger partial charge in [-0.15, -0.1) is 0 Å². The van der Waals surface area contributed by atoms with Gasteiger partial charge in [0.25, 0.3) is 5.91 Å². The smallest absolute Gasteiger partial charge is 0.258 e. The van der Waals surface area contributed by atoms with E-state index in [1.165, 1.54) is 0 Å². The molecule has 0 unspecified atom stereocenters. The van der Waals surface area contributed by atoms with Crippen LogP contribution in [-0.4, -0.2) is 17.9 Å². The number of anilines is 1. The monoisotopic (exact) mass is 464 g/mol. The largest absolute Gasteiger partial charge is 0.472 e. The summed E-state index contributed by atoms with van der Waals surface area (Å²) in [6.45, 7) is 8.97. The van der Waals surface area contributed by atoms with E-state index in [1.54, 1.807) is 11.1 Å². The van der Waals surface area contributed by atoms with Crippen molar-refractivity contribution < 1.29 is 9.53 Å². The van der Waals surface area contributed by atoms with Crippen LogP contribution in [0.5, 0.6) is 5.88 Å². The average molecular weight is 465 g/mol. The Hall–Kier alpha value is -3.92. The minimum Gasteiger partial charge on any atom is -0.472 e. The summed E-state index contributed by atoms with van der Waals surface area (Å²) >= 11 is 0. The van der Waals surface area contributed by atoms with E-state index in [2.05, 4.69) is 37.9 Å². The lowest BCUT2D eigenvalue weighted by Crippen LogP contribution is -2.26. The van der Waals surface area contributed by atoms with Gasteiger partial charge in [-0.05, 0) is 65.4 Å². The van der Waals surface area contributed by atoms with Crippen molar-refractivity contribution in [2.24, 2.45) is 0 Å². The van der Waals surface area contributed by atoms with Crippen molar-refractivity contribution in [2.45, 2.75) is 39.7 Å². The van der Waals surface area contributed by atoms with Crippen molar-refractivity contribution in [2.75, 3.05) is 11.9 Å². The average Bonchev–Trinajstić information content (AvgIpc) is 2.87. The second-order valence-corrected chi connectivity index (χ2v) is 9.88. The molecule has 0 bridgehead atoms. The highest BCUT2D eigenvalue weighted by Gasteiger charge is 2.21. The molecule has 0 N–H and O–H groups in total. The number of hydrogen-bond donors (Lipinski definition) is 0. The van der Waals surface area contributed by atoms with Gasteiger partial charge in [0.05, 0.1) is 0 Å². The van der Waals surface area contributed by atoms with Gasteiger partial charge in [-0.2, -0.15) is 0 Å². The Balaban J connectivity index is 1.72. The SMILES string of the molecule is Cc1ccc(C(=O)N(C)c2cc(-c3cccnc3OCc3ccccc3)cc(C(C)(C)C)c2)cc1. The van der Waals surface area contributed by atoms with Crippen molar-refractivity contribution in [3.63, 3.8) is 0 Å². The summed E-state index contributed by atoms with van der Waals surface area (Å²) in [5, 5.41) is 0. The second-order valence-electron chi connectivity index (χ2n) is 9.88. The lowest BCUT2D eigenvalue weighted by atomic mass is 9.85. The predicted octanol–water partition coefficient (Wildman–Crippen LogP) is 7.21. The zero-order chi connectivity index (χ0) is 25.0. The first-order valence-corrected chi connectivity index (χ1v) is 11.8. The molecule has 1 aromatic heterocycles. The highest BCUT2D eigenvalue weighted by Crippen LogP contribution is 2.36. The molecule has 0 saturated carbocycles. The van der Waals surface area contributed by atoms with Crippen molar-refractivity contribution in [1.82, 2.24) is 4.98 Å². The number of pyridine rings is 1. The maximum atomic E-state index is 13.3. The quantitative estimate of drug-likeness (QED) is 0.303. The summed E-state index contributed by atoms with van der Waals surface area (Å²) in [7, 11) is 1.82. The van der Waals surface area contributed by atoms with Gasteiger partial charge < -0.3 is 9.64 Å². The fraction of sp³-hybridized carbons (Fsp3) is 0.226. The Bertz CT molecular complexity index is 1310. The lowest BCUT2D eigenvalue weighted by Gasteiger charge is -2.25. The Kier molecular flexibility index (Phi) is 7.02. The van der Waals surface area contributed by atoms with E-state index >= 15 is 0 Å². The van der Waals surface area contributed by atoms with Crippen LogP contribution in [0.4, 0.5) is 5.69 Å². The Morgan fingerprint density at radius 2 is 1.63 bits per heavy atom. The Morgan fingerprint density at radius 1 is 0.914 bits per heavy atom. The number of nitrogens with zero attached hydrogens (tertiary/aromatic N) is 2. The number of benzene rings is 3. The normalized spacial score (nSPS) is 11.2. The molecule has 4 nitrogen and oxygen atoms in total. The van der Waals surface area contributed by atoms with Crippen molar-refractivity contribution in [1.29, 1.82) is 0 Å². The molecule has 0 aliphatic carbocycles. The standard InChI is InChI=1S/C31H32N2O2/c1-22-13-15-24(16-14-22)30(34)33(5)27-19-25(18-26(20-27)31(2,3)4)28-12-9-17-32-29(28)35-21-23-10-7-6-8-11-23/h6-20H,21H2,1-5H3. The van der Waals surface area contributed by atoms with Gasteiger partial charge in [0, 0.05) is 30.1 Å². The number of ether oxygens (including phenoxy) is 1. The van der Waals surface area contributed by atoms with Gasteiger partial charge in [0.2, 0.25) is 5.88 Å². The molecule has 0 atom stereocenters. The summed E-state index contributed by atoms with van der Waals surface area (Å²) < 4.78 is 6.14. The van der Waals surface area contributed by atoms with E-state index in [4.69, 9.17) is 4.74 Å². The third-order valence-corrected chi connectivity index (χ3v) is 6.07. The third-order valence-electron chi connectivity index (χ3n) is 6.07. The molecular weight excluding hydrogens is 432 g/mol. The fourth-order valence-corrected chi connectivity index (χ4v) is 3.85. The molecule has 1 amide bonds. The third kappa shape index (κ3) is 5.78. The van der Waals surface area contributed by atoms with Crippen LogP contribution in [-0.2, 0) is 12.0 Å². The molecule has 1 heterocycles. The molecule has 3 aromatic carbocycles. The van der Waals surface area contributed by atoms with E-state index in [1.807, 2.05) is 86.8 Å². The van der Waals surface area contributed by atoms with Gasteiger partial charge in [-0.1, -0.05) is 74.9 Å². The van der Waals surface area contributed by atoms with Crippen molar-refractivity contribution in [3.8, 4) is 17.0 Å². The molecule has 4 heteroatoms. The van der Waals surface area contributed by atoms with E-state index in [-0.39, 0.29) is 11.3 Å². The van der Waals surface area contributed by atoms with Crippen LogP contribution in [0, 0.1) is 6.92 Å². The van der Waals surface area contributed by atoms with Crippen LogP contribution in [0.2, 0.25) is 0 Å². The maximum absolute atomic E-state index is 13.3. The lowest BCUT2D eigenvalue weighted by molar-refractivity contribution is 0.0993. The maximum Gasteiger partial charge on any atom is 0.258 e. The molecular formula is C31H32N2O2. The van der Waals surface area contributed by atoms with Crippen LogP contribution in [0.3, 0.4) is 0 Å². The van der Waals surface area contributed by atoms with Gasteiger partial charge >= 0.3 is 0 Å². The number of amides is 1. The molecule has 4 aromatic rings. The summed E-state index contributed by atoms with van der Waals surface area (Å²) in [4.78, 5) is 19.5. The van der Waals surface area contributed by atoms with E-state index in [0.29, 0.717) is 18.1 Å². The first kappa shape index (κ1) is 24.2. The summed E-state index contributed by atoms with van der Waals surface area (Å²) in [6.07, 6.45) is 1.74. The van der Waals surface area contributed by atoms with Gasteiger partial charge in [-0.25, -0.2) is 4.98 Å². The number of rotatable bonds is 6. The summed E-state index contributed by atoms with van der Waals surface area (Å²) in [6, 6.07) is 28.0. The van der Waals surface area contributed by atoms with E-state index < -0.39 is 0 Å². The first-order valence-electron chi connectivity index (χ1n) is 11.8. The Labute approximate surface area is 208 Å². The van der Waals surface area contributed by atoms with Crippen LogP contribution in [0.25, 0.3) is 11.1 Å². The number of aryl methyl sites for hydroxylation is 1. The molecule has 0 spiro atoms. The van der Waals surface area contributed by atoms with Gasteiger partial charge in [-0.3, -0.25) is 4.79 Å². The van der Waals surface area contributed by atoms with Crippen LogP contribution in [0.15, 0.2) is 91.1 Å². The molecule has 0 aliphatic rings. The highest BCUT2D eigenvalue weighted by molar-refractivity contribution is 6.06. The summed E-state index contributed by atoms with van der Waals surface area (Å²) in [5.41, 5.74) is 6.58. The van der Waals surface area contributed by atoms with E-state index in [9.17, 15) is 4.79 Å². The van der Waals surface area contributed by atoms with Gasteiger partial charge in [0.15, 0.2) is 0 Å². The first-order chi connectivity index (χ1) is 16.7. The number of carbonyl (C=O) groups excluding carboxylic acids is 1. The highest BCUT2D eigenvalue weighted by atomic mass is 16.5. The Morgan fingerprint density at radius 3 is 2.31 bits per heavy atom. The van der Waals surface area contributed by atoms with Crippen LogP contribution >= 0.6 is 0 Å². The minimum absolute atomic E-state index is 0.0475.